The normalized spacial score (nSPS) is 13.3. The van der Waals surface area contributed by atoms with E-state index < -0.39 is 17.6 Å². The average molecular weight is 511 g/mol. The maximum atomic E-state index is 13.0. The summed E-state index contributed by atoms with van der Waals surface area (Å²) in [4.78, 5) is 28.9. The van der Waals surface area contributed by atoms with Gasteiger partial charge in [-0.1, -0.05) is 6.07 Å². The lowest BCUT2D eigenvalue weighted by Crippen LogP contribution is -2.14. The lowest BCUT2D eigenvalue weighted by Gasteiger charge is -2.13. The molecule has 37 heavy (non-hydrogen) atoms. The van der Waals surface area contributed by atoms with E-state index in [0.717, 1.165) is 25.0 Å². The summed E-state index contributed by atoms with van der Waals surface area (Å²) in [6.07, 6.45) is -1.26. The first-order valence-corrected chi connectivity index (χ1v) is 11.2. The van der Waals surface area contributed by atoms with Crippen LogP contribution in [0.4, 0.5) is 24.7 Å². The number of carbonyl (C=O) groups is 2. The zero-order valence-electron chi connectivity index (χ0n) is 19.4. The van der Waals surface area contributed by atoms with Crippen LogP contribution in [0.15, 0.2) is 60.8 Å². The summed E-state index contributed by atoms with van der Waals surface area (Å²) >= 11 is 0. The lowest BCUT2D eigenvalue weighted by molar-refractivity contribution is -0.137. The minimum atomic E-state index is -4.57. The van der Waals surface area contributed by atoms with Gasteiger partial charge in [0.25, 0.3) is 5.91 Å². The number of rotatable bonds is 7. The second-order valence-corrected chi connectivity index (χ2v) is 8.36. The fourth-order valence-electron chi connectivity index (χ4n) is 3.54. The van der Waals surface area contributed by atoms with Gasteiger partial charge in [-0.05, 0) is 49.2 Å². The standard InChI is InChI=1S/C25H20F3N5O4/c1-36-18-8-7-17(29-24(35)15-3-2-4-16(11-15)25(26,27)28)12-19(18)37-22-10-9-21-30-20(13-33(21)32-22)31-23(34)14-5-6-14/h2-4,7-14H,5-6H2,1H3,(H,29,35)(H,31,34). The molecule has 0 atom stereocenters. The highest BCUT2D eigenvalue weighted by Crippen LogP contribution is 2.34. The van der Waals surface area contributed by atoms with Gasteiger partial charge >= 0.3 is 6.18 Å². The largest absolute Gasteiger partial charge is 0.493 e. The molecular weight excluding hydrogens is 491 g/mol. The van der Waals surface area contributed by atoms with Crippen LogP contribution < -0.4 is 20.1 Å². The number of anilines is 2. The number of nitrogens with one attached hydrogen (secondary N) is 2. The van der Waals surface area contributed by atoms with E-state index in [0.29, 0.717) is 17.2 Å². The molecule has 12 heteroatoms. The van der Waals surface area contributed by atoms with E-state index in [1.165, 1.54) is 35.9 Å². The number of hydrogen-bond acceptors (Lipinski definition) is 6. The van der Waals surface area contributed by atoms with E-state index in [1.54, 1.807) is 24.4 Å². The van der Waals surface area contributed by atoms with Crippen LogP contribution in [0.5, 0.6) is 17.4 Å². The van der Waals surface area contributed by atoms with E-state index >= 15 is 0 Å². The Morgan fingerprint density at radius 1 is 1.03 bits per heavy atom. The number of carbonyl (C=O) groups excluding carboxylic acids is 2. The number of fused-ring (bicyclic) bond motifs is 1. The third kappa shape index (κ3) is 5.47. The minimum Gasteiger partial charge on any atom is -0.493 e. The van der Waals surface area contributed by atoms with Crippen LogP contribution in [0.1, 0.15) is 28.8 Å². The molecule has 2 aromatic carbocycles. The Labute approximate surface area is 208 Å². The predicted octanol–water partition coefficient (Wildman–Crippen LogP) is 5.15. The van der Waals surface area contributed by atoms with Crippen molar-refractivity contribution in [1.29, 1.82) is 0 Å². The minimum absolute atomic E-state index is 0.0329. The average Bonchev–Trinajstić information content (AvgIpc) is 3.64. The highest BCUT2D eigenvalue weighted by atomic mass is 19.4. The van der Waals surface area contributed by atoms with E-state index in [-0.39, 0.29) is 34.7 Å². The molecule has 2 heterocycles. The molecule has 1 aliphatic rings. The Bertz CT molecular complexity index is 1500. The van der Waals surface area contributed by atoms with Gasteiger partial charge < -0.3 is 20.1 Å². The Balaban J connectivity index is 1.34. The molecule has 2 N–H and O–H groups in total. The van der Waals surface area contributed by atoms with E-state index in [1.807, 2.05) is 0 Å². The van der Waals surface area contributed by atoms with Crippen molar-refractivity contribution < 1.29 is 32.2 Å². The Morgan fingerprint density at radius 2 is 1.84 bits per heavy atom. The number of ether oxygens (including phenoxy) is 2. The summed E-state index contributed by atoms with van der Waals surface area (Å²) < 4.78 is 51.6. The van der Waals surface area contributed by atoms with Crippen LogP contribution in [0, 0.1) is 5.92 Å². The number of benzene rings is 2. The van der Waals surface area contributed by atoms with Gasteiger partial charge in [-0.15, -0.1) is 5.10 Å². The third-order valence-corrected chi connectivity index (χ3v) is 5.58. The predicted molar refractivity (Wildman–Crippen MR) is 127 cm³/mol. The van der Waals surface area contributed by atoms with Gasteiger partial charge in [0.1, 0.15) is 0 Å². The van der Waals surface area contributed by atoms with Gasteiger partial charge in [0.05, 0.1) is 18.9 Å². The van der Waals surface area contributed by atoms with Gasteiger partial charge in [0.15, 0.2) is 23.0 Å². The molecule has 0 saturated heterocycles. The number of aromatic nitrogens is 3. The van der Waals surface area contributed by atoms with Gasteiger partial charge in [-0.25, -0.2) is 9.50 Å². The van der Waals surface area contributed by atoms with E-state index in [4.69, 9.17) is 9.47 Å². The van der Waals surface area contributed by atoms with Gasteiger partial charge in [0, 0.05) is 29.3 Å². The molecule has 2 amide bonds. The SMILES string of the molecule is COc1ccc(NC(=O)c2cccc(C(F)(F)F)c2)cc1Oc1ccc2nc(NC(=O)C3CC3)cn2n1. The van der Waals surface area contributed by atoms with Gasteiger partial charge in [0.2, 0.25) is 11.8 Å². The maximum Gasteiger partial charge on any atom is 0.416 e. The number of halogens is 3. The van der Waals surface area contributed by atoms with Gasteiger partial charge in [-0.3, -0.25) is 9.59 Å². The molecule has 0 spiro atoms. The summed E-state index contributed by atoms with van der Waals surface area (Å²) in [5.41, 5.74) is -0.306. The first kappa shape index (κ1) is 24.1. The molecular formula is C25H20F3N5O4. The molecule has 4 aromatic rings. The smallest absolute Gasteiger partial charge is 0.416 e. The van der Waals surface area contributed by atoms with Crippen molar-refractivity contribution in [2.75, 3.05) is 17.7 Å². The maximum absolute atomic E-state index is 13.0. The molecule has 1 aliphatic carbocycles. The van der Waals surface area contributed by atoms with Gasteiger partial charge in [-0.2, -0.15) is 13.2 Å². The molecule has 0 radical (unpaired) electrons. The van der Waals surface area contributed by atoms with Crippen LogP contribution in [0.3, 0.4) is 0 Å². The molecule has 0 aliphatic heterocycles. The first-order chi connectivity index (χ1) is 17.7. The molecule has 0 bridgehead atoms. The summed E-state index contributed by atoms with van der Waals surface area (Å²) in [6.45, 7) is 0. The van der Waals surface area contributed by atoms with Crippen molar-refractivity contribution in [2.45, 2.75) is 19.0 Å². The van der Waals surface area contributed by atoms with Crippen molar-refractivity contribution in [2.24, 2.45) is 5.92 Å². The number of imidazole rings is 1. The Kier molecular flexibility index (Phi) is 6.15. The number of nitrogens with zero attached hydrogens (tertiary/aromatic N) is 3. The van der Waals surface area contributed by atoms with Crippen LogP contribution in [-0.2, 0) is 11.0 Å². The highest BCUT2D eigenvalue weighted by molar-refractivity contribution is 6.04. The zero-order chi connectivity index (χ0) is 26.2. The molecule has 1 fully saturated rings. The Morgan fingerprint density at radius 3 is 2.57 bits per heavy atom. The fourth-order valence-corrected chi connectivity index (χ4v) is 3.54. The van der Waals surface area contributed by atoms with E-state index in [2.05, 4.69) is 20.7 Å². The second kappa shape index (κ2) is 9.45. The van der Waals surface area contributed by atoms with Crippen molar-refractivity contribution in [3.05, 3.63) is 71.9 Å². The van der Waals surface area contributed by atoms with Crippen LogP contribution in [-0.4, -0.2) is 33.5 Å². The molecule has 0 unspecified atom stereocenters. The van der Waals surface area contributed by atoms with Crippen molar-refractivity contribution in [3.63, 3.8) is 0 Å². The third-order valence-electron chi connectivity index (χ3n) is 5.58. The van der Waals surface area contributed by atoms with Crippen LogP contribution in [0.25, 0.3) is 5.65 Å². The molecule has 9 nitrogen and oxygen atoms in total. The van der Waals surface area contributed by atoms with Crippen molar-refractivity contribution in [3.8, 4) is 17.4 Å². The molecule has 1 saturated carbocycles. The van der Waals surface area contributed by atoms with Crippen LogP contribution >= 0.6 is 0 Å². The summed E-state index contributed by atoms with van der Waals surface area (Å²) in [6, 6.07) is 11.9. The van der Waals surface area contributed by atoms with Crippen molar-refractivity contribution in [1.82, 2.24) is 14.6 Å². The number of methoxy groups -OCH3 is 1. The second-order valence-electron chi connectivity index (χ2n) is 8.36. The van der Waals surface area contributed by atoms with Crippen molar-refractivity contribution >= 4 is 29.0 Å². The molecule has 2 aromatic heterocycles. The fraction of sp³-hybridized carbons (Fsp3) is 0.200. The van der Waals surface area contributed by atoms with Crippen LogP contribution in [0.2, 0.25) is 0 Å². The van der Waals surface area contributed by atoms with E-state index in [9.17, 15) is 22.8 Å². The zero-order valence-corrected chi connectivity index (χ0v) is 19.4. The quantitative estimate of drug-likeness (QED) is 0.356. The Hall–Kier alpha value is -4.61. The molecule has 190 valence electrons. The summed E-state index contributed by atoms with van der Waals surface area (Å²) in [5, 5.41) is 9.66. The highest BCUT2D eigenvalue weighted by Gasteiger charge is 2.31. The molecule has 5 rings (SSSR count). The summed E-state index contributed by atoms with van der Waals surface area (Å²) in [5.74, 6) is 0.323. The summed E-state index contributed by atoms with van der Waals surface area (Å²) in [7, 11) is 1.43. The first-order valence-electron chi connectivity index (χ1n) is 11.2. The lowest BCUT2D eigenvalue weighted by atomic mass is 10.1. The topological polar surface area (TPSA) is 107 Å². The number of alkyl halides is 3. The monoisotopic (exact) mass is 511 g/mol. The number of hydrogen-bond donors (Lipinski definition) is 2. The number of amides is 2.